The van der Waals surface area contributed by atoms with Crippen LogP contribution in [-0.4, -0.2) is 50.0 Å². The van der Waals surface area contributed by atoms with E-state index in [9.17, 15) is 18.7 Å². The van der Waals surface area contributed by atoms with Crippen LogP contribution in [0.4, 0.5) is 8.78 Å². The van der Waals surface area contributed by atoms with Gasteiger partial charge in [0.15, 0.2) is 0 Å². The van der Waals surface area contributed by atoms with Crippen molar-refractivity contribution in [2.75, 3.05) is 13.1 Å². The monoisotopic (exact) mass is 601 g/mol. The van der Waals surface area contributed by atoms with E-state index >= 15 is 0 Å². The van der Waals surface area contributed by atoms with Crippen molar-refractivity contribution in [3.63, 3.8) is 0 Å². The minimum absolute atomic E-state index is 0.00540. The molecule has 3 aromatic rings. The van der Waals surface area contributed by atoms with Gasteiger partial charge in [-0.2, -0.15) is 0 Å². The van der Waals surface area contributed by atoms with Crippen molar-refractivity contribution >= 4 is 21.8 Å². The lowest BCUT2D eigenvalue weighted by atomic mass is 9.98. The molecule has 2 heterocycles. The molecule has 2 aromatic carbocycles. The summed E-state index contributed by atoms with van der Waals surface area (Å²) in [7, 11) is 0. The fourth-order valence-corrected chi connectivity index (χ4v) is 6.16. The van der Waals surface area contributed by atoms with Gasteiger partial charge in [-0.15, -0.1) is 5.10 Å². The summed E-state index contributed by atoms with van der Waals surface area (Å²) in [5.41, 5.74) is 2.67. The highest BCUT2D eigenvalue weighted by Crippen LogP contribution is 2.50. The van der Waals surface area contributed by atoms with E-state index in [0.29, 0.717) is 28.7 Å². The molecule has 0 bridgehead atoms. The molecule has 2 fully saturated rings. The van der Waals surface area contributed by atoms with Gasteiger partial charge in [-0.1, -0.05) is 17.3 Å². The molecule has 2 unspecified atom stereocenters. The predicted molar refractivity (Wildman–Crippen MR) is 147 cm³/mol. The Hall–Kier alpha value is -2.69. The average Bonchev–Trinajstić information content (AvgIpc) is 3.26. The van der Waals surface area contributed by atoms with Crippen molar-refractivity contribution in [3.8, 4) is 0 Å². The van der Waals surface area contributed by atoms with Crippen LogP contribution in [0.15, 0.2) is 47.1 Å². The van der Waals surface area contributed by atoms with E-state index in [4.69, 9.17) is 0 Å². The minimum atomic E-state index is -0.965. The lowest BCUT2D eigenvalue weighted by Crippen LogP contribution is -2.39. The fourth-order valence-electron chi connectivity index (χ4n) is 5.71. The summed E-state index contributed by atoms with van der Waals surface area (Å²) in [6.45, 7) is 6.28. The highest BCUT2D eigenvalue weighted by Gasteiger charge is 2.47. The summed E-state index contributed by atoms with van der Waals surface area (Å²) in [5, 5.41) is 22.1. The Kier molecular flexibility index (Phi) is 8.16. The van der Waals surface area contributed by atoms with Crippen LogP contribution in [0.1, 0.15) is 73.6 Å². The number of rotatable bonds is 10. The molecule has 1 aliphatic heterocycles. The molecule has 39 heavy (non-hydrogen) atoms. The molecule has 0 spiro atoms. The summed E-state index contributed by atoms with van der Waals surface area (Å²) < 4.78 is 29.5. The molecular weight excluding hydrogens is 568 g/mol. The maximum absolute atomic E-state index is 14.1. The number of amides is 1. The molecule has 1 aliphatic carbocycles. The second kappa shape index (κ2) is 11.4. The van der Waals surface area contributed by atoms with Gasteiger partial charge in [0.2, 0.25) is 5.91 Å². The number of benzene rings is 2. The molecule has 1 saturated carbocycles. The van der Waals surface area contributed by atoms with E-state index in [1.807, 2.05) is 13.8 Å². The average molecular weight is 603 g/mol. The Morgan fingerprint density at radius 2 is 2.00 bits per heavy atom. The van der Waals surface area contributed by atoms with Gasteiger partial charge >= 0.3 is 0 Å². The molecule has 0 radical (unpaired) electrons. The maximum atomic E-state index is 14.1. The lowest BCUT2D eigenvalue weighted by molar-refractivity contribution is -0.123. The fraction of sp³-hybridized carbons (Fsp3) is 0.483. The first-order chi connectivity index (χ1) is 18.6. The number of aliphatic hydroxyl groups is 1. The largest absolute Gasteiger partial charge is 0.382 e. The van der Waals surface area contributed by atoms with Crippen molar-refractivity contribution in [2.45, 2.75) is 70.7 Å². The number of hydrogen-bond donors (Lipinski definition) is 2. The highest BCUT2D eigenvalue weighted by molar-refractivity contribution is 9.10. The van der Waals surface area contributed by atoms with E-state index < -0.39 is 6.10 Å². The van der Waals surface area contributed by atoms with E-state index in [2.05, 4.69) is 36.5 Å². The van der Waals surface area contributed by atoms with Gasteiger partial charge in [0.25, 0.3) is 0 Å². The summed E-state index contributed by atoms with van der Waals surface area (Å²) in [4.78, 5) is 15.4. The number of nitrogens with one attached hydrogen (secondary N) is 1. The molecule has 1 saturated heterocycles. The third kappa shape index (κ3) is 6.56. The van der Waals surface area contributed by atoms with Crippen LogP contribution in [0.25, 0.3) is 0 Å². The summed E-state index contributed by atoms with van der Waals surface area (Å²) in [6.07, 6.45) is 5.38. The zero-order valence-electron chi connectivity index (χ0n) is 22.2. The van der Waals surface area contributed by atoms with Crippen LogP contribution in [-0.2, 0) is 11.3 Å². The van der Waals surface area contributed by atoms with Crippen molar-refractivity contribution in [3.05, 3.63) is 81.1 Å². The van der Waals surface area contributed by atoms with Crippen LogP contribution in [0.3, 0.4) is 0 Å². The number of nitrogens with zero attached hydrogens (tertiary/aromatic N) is 4. The number of halogens is 3. The van der Waals surface area contributed by atoms with Crippen LogP contribution in [0.5, 0.6) is 0 Å². The van der Waals surface area contributed by atoms with Crippen molar-refractivity contribution in [1.29, 1.82) is 0 Å². The van der Waals surface area contributed by atoms with Crippen LogP contribution in [0, 0.1) is 24.0 Å². The topological polar surface area (TPSA) is 83.3 Å². The SMILES string of the molecule is Cc1cc(Br)c(F)cc1[C@@H](C)NC(=O)CC1(CN2CCCC2Cn2cc(C(O)c3ccc(F)cc3)nn2)CC1. The number of aromatic nitrogens is 3. The van der Waals surface area contributed by atoms with E-state index in [0.717, 1.165) is 49.9 Å². The summed E-state index contributed by atoms with van der Waals surface area (Å²) >= 11 is 3.22. The standard InChI is InChI=1S/C29H34BrF2N5O2/c1-18-12-24(30)25(32)13-23(18)19(2)33-27(38)14-29(9-10-29)17-36-11-3-4-22(36)15-37-16-26(34-35-37)28(39)20-5-7-21(31)8-6-20/h5-8,12-13,16,19,22,28,39H,3-4,9-11,14-15,17H2,1-2H3,(H,33,38)/t19-,22?,28?/m1/s1. The second-order valence-corrected chi connectivity index (χ2v) is 12.0. The van der Waals surface area contributed by atoms with Gasteiger partial charge in [0.05, 0.1) is 23.3 Å². The van der Waals surface area contributed by atoms with Crippen molar-refractivity contribution in [1.82, 2.24) is 25.2 Å². The molecule has 2 aliphatic rings. The zero-order chi connectivity index (χ0) is 27.7. The molecule has 2 N–H and O–H groups in total. The Morgan fingerprint density at radius 3 is 2.72 bits per heavy atom. The molecule has 10 heteroatoms. The third-order valence-electron chi connectivity index (χ3n) is 8.10. The number of carbonyl (C=O) groups excluding carboxylic acids is 1. The van der Waals surface area contributed by atoms with Gasteiger partial charge in [-0.25, -0.2) is 8.78 Å². The Labute approximate surface area is 235 Å². The minimum Gasteiger partial charge on any atom is -0.382 e. The first-order valence-electron chi connectivity index (χ1n) is 13.4. The molecule has 7 nitrogen and oxygen atoms in total. The van der Waals surface area contributed by atoms with Crippen molar-refractivity contribution in [2.24, 2.45) is 5.41 Å². The summed E-state index contributed by atoms with van der Waals surface area (Å²) in [5.74, 6) is -0.694. The smallest absolute Gasteiger partial charge is 0.221 e. The Bertz CT molecular complexity index is 1330. The van der Waals surface area contributed by atoms with Gasteiger partial charge in [0, 0.05) is 19.0 Å². The number of aliphatic hydroxyl groups excluding tert-OH is 1. The zero-order valence-corrected chi connectivity index (χ0v) is 23.8. The van der Waals surface area contributed by atoms with Crippen LogP contribution in [0.2, 0.25) is 0 Å². The van der Waals surface area contributed by atoms with Crippen molar-refractivity contribution < 1.29 is 18.7 Å². The maximum Gasteiger partial charge on any atom is 0.221 e. The lowest BCUT2D eigenvalue weighted by Gasteiger charge is -2.29. The highest BCUT2D eigenvalue weighted by atomic mass is 79.9. The summed E-state index contributed by atoms with van der Waals surface area (Å²) in [6, 6.07) is 8.94. The Morgan fingerprint density at radius 1 is 1.26 bits per heavy atom. The molecule has 5 rings (SSSR count). The van der Waals surface area contributed by atoms with Gasteiger partial charge in [-0.05, 0) is 108 Å². The number of likely N-dealkylation sites (tertiary alicyclic amines) is 1. The van der Waals surface area contributed by atoms with Crippen LogP contribution >= 0.6 is 15.9 Å². The molecule has 208 valence electrons. The first-order valence-corrected chi connectivity index (χ1v) is 14.2. The Balaban J connectivity index is 1.16. The first kappa shape index (κ1) is 27.9. The molecule has 1 aromatic heterocycles. The normalized spacial score (nSPS) is 20.1. The number of carbonyl (C=O) groups is 1. The van der Waals surface area contributed by atoms with E-state index in [1.54, 1.807) is 29.1 Å². The van der Waals surface area contributed by atoms with E-state index in [-0.39, 0.29) is 35.0 Å². The van der Waals surface area contributed by atoms with Crippen LogP contribution < -0.4 is 5.32 Å². The number of hydrogen-bond acceptors (Lipinski definition) is 5. The van der Waals surface area contributed by atoms with Gasteiger partial charge in [-0.3, -0.25) is 14.4 Å². The molecule has 3 atom stereocenters. The molecule has 1 amide bonds. The number of aryl methyl sites for hydroxylation is 1. The van der Waals surface area contributed by atoms with Gasteiger partial charge < -0.3 is 10.4 Å². The second-order valence-electron chi connectivity index (χ2n) is 11.2. The van der Waals surface area contributed by atoms with E-state index in [1.165, 1.54) is 18.2 Å². The predicted octanol–water partition coefficient (Wildman–Crippen LogP) is 5.22. The quantitative estimate of drug-likeness (QED) is 0.333. The van der Waals surface area contributed by atoms with Gasteiger partial charge in [0.1, 0.15) is 23.4 Å². The molecular formula is C29H34BrF2N5O2. The third-order valence-corrected chi connectivity index (χ3v) is 8.71.